The highest BCUT2D eigenvalue weighted by molar-refractivity contribution is 5.85. The summed E-state index contributed by atoms with van der Waals surface area (Å²) in [4.78, 5) is 6.03. The van der Waals surface area contributed by atoms with Crippen LogP contribution in [0, 0.1) is 11.3 Å². The summed E-state index contributed by atoms with van der Waals surface area (Å²) in [5.41, 5.74) is 5.55. The Balaban J connectivity index is 1.26. The summed E-state index contributed by atoms with van der Waals surface area (Å²) in [6.45, 7) is 3.06. The van der Waals surface area contributed by atoms with E-state index in [4.69, 9.17) is 4.42 Å². The van der Waals surface area contributed by atoms with Gasteiger partial charge in [-0.1, -0.05) is 18.2 Å². The monoisotopic (exact) mass is 424 g/mol. The van der Waals surface area contributed by atoms with E-state index in [-0.39, 0.29) is 0 Å². The molecule has 0 radical (unpaired) electrons. The molecule has 2 fully saturated rings. The van der Waals surface area contributed by atoms with E-state index in [1.165, 1.54) is 34.7 Å². The van der Waals surface area contributed by atoms with Crippen molar-refractivity contribution in [3.8, 4) is 6.07 Å². The number of fused-ring (bicyclic) bond motifs is 2. The van der Waals surface area contributed by atoms with Crippen molar-refractivity contribution in [1.29, 1.82) is 5.26 Å². The van der Waals surface area contributed by atoms with E-state index in [0.29, 0.717) is 18.0 Å². The van der Waals surface area contributed by atoms with Gasteiger partial charge in [0, 0.05) is 53.7 Å². The first-order valence-electron chi connectivity index (χ1n) is 11.8. The minimum Gasteiger partial charge on any atom is -0.464 e. The molecule has 1 saturated carbocycles. The third kappa shape index (κ3) is 3.23. The average Bonchev–Trinajstić information content (AvgIpc) is 3.53. The van der Waals surface area contributed by atoms with Crippen LogP contribution in [0.25, 0.3) is 21.9 Å². The Morgan fingerprint density at radius 2 is 1.94 bits per heavy atom. The van der Waals surface area contributed by atoms with E-state index in [0.717, 1.165) is 49.1 Å². The highest BCUT2D eigenvalue weighted by atomic mass is 16.3. The molecule has 5 heteroatoms. The molecule has 4 aromatic rings. The van der Waals surface area contributed by atoms with E-state index >= 15 is 0 Å². The maximum Gasteiger partial charge on any atom is 0.138 e. The maximum absolute atomic E-state index is 9.75. The topological polar surface area (TPSA) is 68.0 Å². The zero-order chi connectivity index (χ0) is 21.5. The molecular formula is C27H28N4O. The van der Waals surface area contributed by atoms with Gasteiger partial charge in [-0.3, -0.25) is 4.90 Å². The summed E-state index contributed by atoms with van der Waals surface area (Å²) in [5, 5.41) is 15.8. The van der Waals surface area contributed by atoms with Gasteiger partial charge in [0.05, 0.1) is 23.9 Å². The summed E-state index contributed by atoms with van der Waals surface area (Å²) in [7, 11) is 0. The van der Waals surface area contributed by atoms with Gasteiger partial charge in [0.15, 0.2) is 0 Å². The standard InChI is InChI=1S/C27H28N4O/c28-16-20-6-9-24-22(10-12-30-24)26(20)18-4-7-21(8-5-18)31-14-13-29-17-25(31)23-3-1-2-19-11-15-32-27(19)23/h1-3,6,9-12,15,18,21,25,29-30H,4-5,7-8,13-14,17H2. The summed E-state index contributed by atoms with van der Waals surface area (Å²) < 4.78 is 5.88. The van der Waals surface area contributed by atoms with Crippen molar-refractivity contribution in [2.45, 2.75) is 43.7 Å². The average molecular weight is 425 g/mol. The van der Waals surface area contributed by atoms with Crippen molar-refractivity contribution < 1.29 is 4.42 Å². The van der Waals surface area contributed by atoms with Gasteiger partial charge < -0.3 is 14.7 Å². The molecule has 0 bridgehead atoms. The molecule has 2 aliphatic rings. The van der Waals surface area contributed by atoms with Gasteiger partial charge in [-0.2, -0.15) is 5.26 Å². The van der Waals surface area contributed by atoms with Gasteiger partial charge in [0.25, 0.3) is 0 Å². The lowest BCUT2D eigenvalue weighted by Gasteiger charge is -2.44. The van der Waals surface area contributed by atoms with E-state index < -0.39 is 0 Å². The lowest BCUT2D eigenvalue weighted by molar-refractivity contribution is 0.0784. The van der Waals surface area contributed by atoms with Crippen LogP contribution in [-0.2, 0) is 0 Å². The summed E-state index contributed by atoms with van der Waals surface area (Å²) in [6, 6.07) is 18.1. The third-order valence-corrected chi connectivity index (χ3v) is 7.62. The van der Waals surface area contributed by atoms with Gasteiger partial charge in [0.1, 0.15) is 5.58 Å². The number of para-hydroxylation sites is 1. The molecule has 2 N–H and O–H groups in total. The number of H-pyrrole nitrogens is 1. The molecule has 3 heterocycles. The Morgan fingerprint density at radius 3 is 2.81 bits per heavy atom. The Labute approximate surface area is 188 Å². The fourth-order valence-electron chi connectivity index (χ4n) is 6.11. The van der Waals surface area contributed by atoms with Crippen LogP contribution >= 0.6 is 0 Å². The Hall–Kier alpha value is -3.07. The first kappa shape index (κ1) is 19.6. The molecule has 2 aromatic carbocycles. The third-order valence-electron chi connectivity index (χ3n) is 7.62. The second-order valence-corrected chi connectivity index (χ2v) is 9.23. The predicted octanol–water partition coefficient (Wildman–Crippen LogP) is 5.46. The molecule has 1 saturated heterocycles. The lowest BCUT2D eigenvalue weighted by Crippen LogP contribution is -2.51. The summed E-state index contributed by atoms with van der Waals surface area (Å²) in [6.07, 6.45) is 8.38. The summed E-state index contributed by atoms with van der Waals surface area (Å²) >= 11 is 0. The number of benzene rings is 2. The number of nitrogens with one attached hydrogen (secondary N) is 2. The first-order valence-corrected chi connectivity index (χ1v) is 11.8. The number of aromatic amines is 1. The lowest BCUT2D eigenvalue weighted by atomic mass is 9.78. The number of piperazine rings is 1. The first-order chi connectivity index (χ1) is 15.8. The quantitative estimate of drug-likeness (QED) is 0.458. The van der Waals surface area contributed by atoms with Gasteiger partial charge in [0.2, 0.25) is 0 Å². The largest absolute Gasteiger partial charge is 0.464 e. The molecular weight excluding hydrogens is 396 g/mol. The Bertz CT molecular complexity index is 1290. The van der Waals surface area contributed by atoms with Gasteiger partial charge in [-0.05, 0) is 61.4 Å². The van der Waals surface area contributed by atoms with E-state index in [1.54, 1.807) is 6.26 Å². The maximum atomic E-state index is 9.75. The number of furan rings is 1. The van der Waals surface area contributed by atoms with Crippen LogP contribution in [0.3, 0.4) is 0 Å². The predicted molar refractivity (Wildman–Crippen MR) is 127 cm³/mol. The van der Waals surface area contributed by atoms with Crippen LogP contribution in [0.2, 0.25) is 0 Å². The number of rotatable bonds is 3. The number of hydrogen-bond donors (Lipinski definition) is 2. The van der Waals surface area contributed by atoms with E-state index in [1.807, 2.05) is 18.3 Å². The van der Waals surface area contributed by atoms with Crippen LogP contribution in [0.1, 0.15) is 54.3 Å². The number of aromatic nitrogens is 1. The molecule has 1 aliphatic heterocycles. The van der Waals surface area contributed by atoms with Crippen molar-refractivity contribution in [3.63, 3.8) is 0 Å². The molecule has 5 nitrogen and oxygen atoms in total. The second-order valence-electron chi connectivity index (χ2n) is 9.23. The molecule has 6 rings (SSSR count). The minimum atomic E-state index is 0.336. The Kier molecular flexibility index (Phi) is 4.98. The SMILES string of the molecule is N#Cc1ccc2[nH]ccc2c1C1CCC(N2CCNCC2c2cccc3ccoc23)CC1. The van der Waals surface area contributed by atoms with Crippen molar-refractivity contribution in [3.05, 3.63) is 71.6 Å². The van der Waals surface area contributed by atoms with Gasteiger partial charge in [-0.25, -0.2) is 0 Å². The van der Waals surface area contributed by atoms with E-state index in [2.05, 4.69) is 51.6 Å². The van der Waals surface area contributed by atoms with Gasteiger partial charge >= 0.3 is 0 Å². The minimum absolute atomic E-state index is 0.336. The molecule has 32 heavy (non-hydrogen) atoms. The zero-order valence-electron chi connectivity index (χ0n) is 18.2. The molecule has 1 atom stereocenters. The molecule has 2 aromatic heterocycles. The van der Waals surface area contributed by atoms with Crippen LogP contribution in [0.15, 0.2) is 59.3 Å². The number of nitrogens with zero attached hydrogens (tertiary/aromatic N) is 2. The van der Waals surface area contributed by atoms with Gasteiger partial charge in [-0.15, -0.1) is 0 Å². The number of hydrogen-bond acceptors (Lipinski definition) is 4. The van der Waals surface area contributed by atoms with Crippen molar-refractivity contribution >= 4 is 21.9 Å². The second kappa shape index (κ2) is 8.12. The molecule has 1 aliphatic carbocycles. The van der Waals surface area contributed by atoms with Crippen LogP contribution in [0.5, 0.6) is 0 Å². The van der Waals surface area contributed by atoms with Crippen LogP contribution < -0.4 is 5.32 Å². The Morgan fingerprint density at radius 1 is 1.03 bits per heavy atom. The van der Waals surface area contributed by atoms with Crippen molar-refractivity contribution in [2.75, 3.05) is 19.6 Å². The highest BCUT2D eigenvalue weighted by Gasteiger charge is 2.35. The number of nitriles is 1. The van der Waals surface area contributed by atoms with Crippen molar-refractivity contribution in [1.82, 2.24) is 15.2 Å². The highest BCUT2D eigenvalue weighted by Crippen LogP contribution is 2.41. The van der Waals surface area contributed by atoms with Crippen LogP contribution in [-0.4, -0.2) is 35.6 Å². The van der Waals surface area contributed by atoms with Crippen molar-refractivity contribution in [2.24, 2.45) is 0 Å². The molecule has 162 valence electrons. The molecule has 0 spiro atoms. The van der Waals surface area contributed by atoms with E-state index in [9.17, 15) is 5.26 Å². The fraction of sp³-hybridized carbons (Fsp3) is 0.370. The fourth-order valence-corrected chi connectivity index (χ4v) is 6.11. The molecule has 0 amide bonds. The molecule has 1 unspecified atom stereocenters. The smallest absolute Gasteiger partial charge is 0.138 e. The normalized spacial score (nSPS) is 24.7. The zero-order valence-corrected chi connectivity index (χ0v) is 18.2. The summed E-state index contributed by atoms with van der Waals surface area (Å²) in [5.74, 6) is 0.454. The van der Waals surface area contributed by atoms with Crippen LogP contribution in [0.4, 0.5) is 0 Å².